The number of nitrogens with one attached hydrogen (secondary N) is 1. The van der Waals surface area contributed by atoms with E-state index in [4.69, 9.17) is 32.7 Å². The van der Waals surface area contributed by atoms with Crippen molar-refractivity contribution >= 4 is 51.0 Å². The number of benzene rings is 3. The van der Waals surface area contributed by atoms with Gasteiger partial charge in [0.2, 0.25) is 0 Å². The monoisotopic (exact) mass is 547 g/mol. The Kier molecular flexibility index (Phi) is 9.35. The van der Waals surface area contributed by atoms with Gasteiger partial charge in [-0.15, -0.1) is 0 Å². The van der Waals surface area contributed by atoms with E-state index < -0.39 is 22.5 Å². The lowest BCUT2D eigenvalue weighted by Crippen LogP contribution is -2.39. The molecule has 0 saturated carbocycles. The highest BCUT2D eigenvalue weighted by Gasteiger charge is 2.29. The third kappa shape index (κ3) is 6.57. The van der Waals surface area contributed by atoms with Gasteiger partial charge in [0.15, 0.2) is 11.5 Å². The van der Waals surface area contributed by atoms with E-state index in [9.17, 15) is 13.2 Å². The minimum absolute atomic E-state index is 0.000770. The van der Waals surface area contributed by atoms with Gasteiger partial charge in [-0.1, -0.05) is 60.1 Å². The van der Waals surface area contributed by atoms with E-state index in [1.54, 1.807) is 48.5 Å². The number of halogens is 2. The van der Waals surface area contributed by atoms with E-state index in [-0.39, 0.29) is 20.6 Å². The Labute approximate surface area is 219 Å². The molecule has 0 aliphatic rings. The molecule has 0 spiro atoms. The van der Waals surface area contributed by atoms with Crippen LogP contribution in [-0.4, -0.2) is 40.8 Å². The molecule has 0 saturated heterocycles. The molecule has 1 amide bonds. The van der Waals surface area contributed by atoms with Gasteiger partial charge in [-0.3, -0.25) is 9.10 Å². The minimum atomic E-state index is -4.15. The van der Waals surface area contributed by atoms with Gasteiger partial charge < -0.3 is 9.47 Å². The molecule has 3 aromatic carbocycles. The van der Waals surface area contributed by atoms with Crippen LogP contribution < -0.4 is 19.2 Å². The van der Waals surface area contributed by atoms with Crippen molar-refractivity contribution in [3.63, 3.8) is 0 Å². The van der Waals surface area contributed by atoms with E-state index in [0.29, 0.717) is 23.7 Å². The normalized spacial score (nSPS) is 11.2. The van der Waals surface area contributed by atoms with Gasteiger partial charge >= 0.3 is 0 Å². The first-order valence-electron chi connectivity index (χ1n) is 10.5. The molecule has 36 heavy (non-hydrogen) atoms. The van der Waals surface area contributed by atoms with Crippen molar-refractivity contribution in [3.8, 4) is 11.5 Å². The van der Waals surface area contributed by atoms with Gasteiger partial charge in [0.1, 0.15) is 13.2 Å². The van der Waals surface area contributed by atoms with Crippen LogP contribution in [0.15, 0.2) is 89.4 Å². The quantitative estimate of drug-likeness (QED) is 0.209. The molecule has 188 valence electrons. The Morgan fingerprint density at radius 2 is 1.83 bits per heavy atom. The fourth-order valence-corrected chi connectivity index (χ4v) is 4.98. The topological polar surface area (TPSA) is 97.3 Å². The summed E-state index contributed by atoms with van der Waals surface area (Å²) >= 11 is 12.4. The van der Waals surface area contributed by atoms with Crippen LogP contribution in [0.1, 0.15) is 5.56 Å². The summed E-state index contributed by atoms with van der Waals surface area (Å²) in [4.78, 5) is 12.7. The standard InChI is InChI=1S/C25H23Cl2N3O5S/c1-3-14-35-22-13-12-18(15-23(22)34-2)16-28-29-24(31)17-30(21-11-7-10-20(26)25(21)27)36(32,33)19-8-5-4-6-9-19/h3-13,15-16H,1,14,17H2,2H3,(H,29,31)/b28-16-. The van der Waals surface area contributed by atoms with Crippen LogP contribution in [0, 0.1) is 0 Å². The summed E-state index contributed by atoms with van der Waals surface area (Å²) in [6, 6.07) is 17.3. The van der Waals surface area contributed by atoms with E-state index >= 15 is 0 Å². The number of carbonyl (C=O) groups excluding carboxylic acids is 1. The zero-order valence-corrected chi connectivity index (χ0v) is 21.6. The largest absolute Gasteiger partial charge is 0.493 e. The molecule has 0 atom stereocenters. The van der Waals surface area contributed by atoms with Crippen LogP contribution in [0.3, 0.4) is 0 Å². The van der Waals surface area contributed by atoms with Crippen LogP contribution in [-0.2, 0) is 14.8 Å². The molecule has 0 aliphatic heterocycles. The first-order chi connectivity index (χ1) is 17.3. The Morgan fingerprint density at radius 3 is 2.53 bits per heavy atom. The summed E-state index contributed by atoms with van der Waals surface area (Å²) in [6.45, 7) is 3.33. The highest BCUT2D eigenvalue weighted by molar-refractivity contribution is 7.92. The molecule has 3 aromatic rings. The summed E-state index contributed by atoms with van der Waals surface area (Å²) < 4.78 is 38.5. The number of sulfonamides is 1. The predicted octanol–water partition coefficient (Wildman–Crippen LogP) is 4.91. The summed E-state index contributed by atoms with van der Waals surface area (Å²) in [6.07, 6.45) is 3.00. The van der Waals surface area contributed by atoms with Crippen LogP contribution >= 0.6 is 23.2 Å². The molecule has 0 fully saturated rings. The molecular weight excluding hydrogens is 525 g/mol. The van der Waals surface area contributed by atoms with Crippen LogP contribution in [0.2, 0.25) is 10.0 Å². The van der Waals surface area contributed by atoms with Gasteiger partial charge in [0.05, 0.1) is 34.0 Å². The number of anilines is 1. The fraction of sp³-hybridized carbons (Fsp3) is 0.120. The number of amides is 1. The van der Waals surface area contributed by atoms with Crippen molar-refractivity contribution in [1.29, 1.82) is 0 Å². The molecule has 0 heterocycles. The smallest absolute Gasteiger partial charge is 0.264 e. The van der Waals surface area contributed by atoms with E-state index in [2.05, 4.69) is 17.1 Å². The van der Waals surface area contributed by atoms with Crippen molar-refractivity contribution < 1.29 is 22.7 Å². The SMILES string of the molecule is C=CCOc1ccc(/C=N\NC(=O)CN(c2cccc(Cl)c2Cl)S(=O)(=O)c2ccccc2)cc1OC. The van der Waals surface area contributed by atoms with Crippen LogP contribution in [0.25, 0.3) is 0 Å². The number of hydrogen-bond acceptors (Lipinski definition) is 6. The van der Waals surface area contributed by atoms with Gasteiger partial charge in [0, 0.05) is 0 Å². The molecule has 0 unspecified atom stereocenters. The van der Waals surface area contributed by atoms with Gasteiger partial charge in [-0.2, -0.15) is 5.10 Å². The first-order valence-corrected chi connectivity index (χ1v) is 12.7. The number of hydrogen-bond donors (Lipinski definition) is 1. The lowest BCUT2D eigenvalue weighted by atomic mass is 10.2. The average molecular weight is 548 g/mol. The summed E-state index contributed by atoms with van der Waals surface area (Å²) in [5.74, 6) is 0.307. The van der Waals surface area contributed by atoms with Gasteiger partial charge in [-0.05, 0) is 48.0 Å². The highest BCUT2D eigenvalue weighted by atomic mass is 35.5. The van der Waals surface area contributed by atoms with Crippen LogP contribution in [0.5, 0.6) is 11.5 Å². The molecule has 0 aliphatic carbocycles. The van der Waals surface area contributed by atoms with E-state index in [0.717, 1.165) is 4.31 Å². The predicted molar refractivity (Wildman–Crippen MR) is 142 cm³/mol. The molecule has 1 N–H and O–H groups in total. The maximum Gasteiger partial charge on any atom is 0.264 e. The number of nitrogens with zero attached hydrogens (tertiary/aromatic N) is 2. The Bertz CT molecular complexity index is 1370. The second kappa shape index (κ2) is 12.4. The fourth-order valence-electron chi connectivity index (χ4n) is 3.08. The Morgan fingerprint density at radius 1 is 1.08 bits per heavy atom. The van der Waals surface area contributed by atoms with Gasteiger partial charge in [0.25, 0.3) is 15.9 Å². The lowest BCUT2D eigenvalue weighted by Gasteiger charge is -2.24. The number of ether oxygens (including phenoxy) is 2. The third-order valence-electron chi connectivity index (χ3n) is 4.77. The van der Waals surface area contributed by atoms with Crippen molar-refractivity contribution in [3.05, 3.63) is 95.0 Å². The second-order valence-corrected chi connectivity index (χ2v) is 9.85. The first kappa shape index (κ1) is 27.1. The van der Waals surface area contributed by atoms with Crippen molar-refractivity contribution in [2.75, 3.05) is 24.6 Å². The van der Waals surface area contributed by atoms with E-state index in [1.807, 2.05) is 0 Å². The zero-order chi connectivity index (χ0) is 26.1. The van der Waals surface area contributed by atoms with Crippen molar-refractivity contribution in [2.24, 2.45) is 5.10 Å². The number of carbonyl (C=O) groups is 1. The van der Waals surface area contributed by atoms with Gasteiger partial charge in [-0.25, -0.2) is 13.8 Å². The maximum absolute atomic E-state index is 13.4. The molecular formula is C25H23Cl2N3O5S. The summed E-state index contributed by atoms with van der Waals surface area (Å²) in [5.41, 5.74) is 3.02. The molecule has 0 radical (unpaired) electrons. The molecule has 3 rings (SSSR count). The van der Waals surface area contributed by atoms with Crippen LogP contribution in [0.4, 0.5) is 5.69 Å². The van der Waals surface area contributed by atoms with Crippen molar-refractivity contribution in [1.82, 2.24) is 5.43 Å². The number of methoxy groups -OCH3 is 1. The second-order valence-electron chi connectivity index (χ2n) is 7.20. The summed E-state index contributed by atoms with van der Waals surface area (Å²) in [5, 5.41) is 4.08. The molecule has 8 nitrogen and oxygen atoms in total. The lowest BCUT2D eigenvalue weighted by molar-refractivity contribution is -0.119. The van der Waals surface area contributed by atoms with Crippen molar-refractivity contribution in [2.45, 2.75) is 4.90 Å². The molecule has 11 heteroatoms. The minimum Gasteiger partial charge on any atom is -0.493 e. The zero-order valence-electron chi connectivity index (χ0n) is 19.2. The van der Waals surface area contributed by atoms with E-state index in [1.165, 1.54) is 37.6 Å². The molecule has 0 aromatic heterocycles. The number of rotatable bonds is 11. The maximum atomic E-state index is 13.4. The third-order valence-corrected chi connectivity index (χ3v) is 7.35. The number of hydrazone groups is 1. The Hall–Kier alpha value is -3.53. The average Bonchev–Trinajstić information content (AvgIpc) is 2.88. The summed E-state index contributed by atoms with van der Waals surface area (Å²) in [7, 11) is -2.65. The Balaban J connectivity index is 1.81. The highest BCUT2D eigenvalue weighted by Crippen LogP contribution is 2.35. The molecule has 0 bridgehead atoms.